The van der Waals surface area contributed by atoms with E-state index in [1.54, 1.807) is 10.7 Å². The third-order valence-electron chi connectivity index (χ3n) is 5.74. The molecule has 3 aliphatic heterocycles. The van der Waals surface area contributed by atoms with E-state index in [-0.39, 0.29) is 5.82 Å². The molecule has 1 saturated heterocycles. The molecule has 3 aliphatic rings. The summed E-state index contributed by atoms with van der Waals surface area (Å²) in [7, 11) is 2.07. The van der Waals surface area contributed by atoms with Gasteiger partial charge in [-0.2, -0.15) is 5.10 Å². The molecule has 3 aromatic rings. The molecule has 7 heteroatoms. The number of benzene rings is 1. The van der Waals surface area contributed by atoms with Crippen LogP contribution in [0.2, 0.25) is 0 Å². The number of likely N-dealkylation sites (N-methyl/N-ethyl adjacent to an activating group) is 1. The normalized spacial score (nSPS) is 22.5. The highest BCUT2D eigenvalue weighted by Crippen LogP contribution is 2.30. The number of aromatic nitrogens is 3. The van der Waals surface area contributed by atoms with Gasteiger partial charge in [-0.05, 0) is 37.1 Å². The monoisotopic (exact) mass is 366 g/mol. The number of nitrogens with one attached hydrogen (secondary N) is 1. The van der Waals surface area contributed by atoms with Crippen molar-refractivity contribution < 1.29 is 4.39 Å². The molecule has 1 N–H and O–H groups in total. The van der Waals surface area contributed by atoms with Crippen LogP contribution in [0.4, 0.5) is 15.9 Å². The maximum absolute atomic E-state index is 14.7. The fourth-order valence-corrected chi connectivity index (χ4v) is 4.03. The predicted molar refractivity (Wildman–Crippen MR) is 105 cm³/mol. The van der Waals surface area contributed by atoms with Gasteiger partial charge < -0.3 is 15.1 Å². The fourth-order valence-electron chi connectivity index (χ4n) is 4.03. The molecule has 6 rings (SSSR count). The zero-order chi connectivity index (χ0) is 18.4. The zero-order valence-corrected chi connectivity index (χ0v) is 15.4. The molecule has 6 bridgehead atoms. The van der Waals surface area contributed by atoms with Crippen LogP contribution in [0.25, 0.3) is 16.8 Å². The summed E-state index contributed by atoms with van der Waals surface area (Å²) < 4.78 is 16.4. The summed E-state index contributed by atoms with van der Waals surface area (Å²) in [5, 5.41) is 7.92. The number of halogens is 1. The van der Waals surface area contributed by atoms with E-state index in [0.717, 1.165) is 50.5 Å². The smallest absolute Gasteiger partial charge is 0.165 e. The molecule has 140 valence electrons. The summed E-state index contributed by atoms with van der Waals surface area (Å²) in [5.74, 6) is 0.571. The molecule has 6 nitrogen and oxygen atoms in total. The number of hydrogen-bond donors (Lipinski definition) is 1. The molecule has 1 fully saturated rings. The van der Waals surface area contributed by atoms with Gasteiger partial charge >= 0.3 is 0 Å². The van der Waals surface area contributed by atoms with E-state index < -0.39 is 0 Å². The van der Waals surface area contributed by atoms with E-state index in [4.69, 9.17) is 4.98 Å². The van der Waals surface area contributed by atoms with Gasteiger partial charge in [-0.15, -0.1) is 0 Å². The standard InChI is InChI=1S/C20H23FN6/c1-25-10-11-26-7-4-14(5-8-26)23-19-6-9-27-20(24-19)17(13-22-27)16-12-15(25)2-3-18(16)21/h2-3,6,9,12-14H,4-5,7-8,10-11H2,1H3,(H,23,24). The van der Waals surface area contributed by atoms with Crippen LogP contribution in [0.1, 0.15) is 12.8 Å². The molecular weight excluding hydrogens is 343 g/mol. The minimum Gasteiger partial charge on any atom is -0.373 e. The highest BCUT2D eigenvalue weighted by molar-refractivity contribution is 5.80. The summed E-state index contributed by atoms with van der Waals surface area (Å²) in [6, 6.07) is 7.64. The molecule has 0 spiro atoms. The first-order valence-corrected chi connectivity index (χ1v) is 9.52. The largest absolute Gasteiger partial charge is 0.373 e. The highest BCUT2D eigenvalue weighted by Gasteiger charge is 2.21. The molecular formula is C20H23FN6. The van der Waals surface area contributed by atoms with Gasteiger partial charge in [0.25, 0.3) is 0 Å². The van der Waals surface area contributed by atoms with Crippen LogP contribution in [0.15, 0.2) is 36.7 Å². The van der Waals surface area contributed by atoms with Crippen LogP contribution in [0, 0.1) is 5.82 Å². The van der Waals surface area contributed by atoms with Crippen molar-refractivity contribution in [2.75, 3.05) is 43.4 Å². The molecule has 0 amide bonds. The number of hydrogen-bond acceptors (Lipinski definition) is 5. The van der Waals surface area contributed by atoms with E-state index in [9.17, 15) is 4.39 Å². The van der Waals surface area contributed by atoms with Gasteiger partial charge in [0.2, 0.25) is 0 Å². The first-order chi connectivity index (χ1) is 13.2. The highest BCUT2D eigenvalue weighted by atomic mass is 19.1. The molecule has 0 atom stereocenters. The first kappa shape index (κ1) is 16.5. The van der Waals surface area contributed by atoms with Crippen molar-refractivity contribution in [3.05, 3.63) is 42.5 Å². The first-order valence-electron chi connectivity index (χ1n) is 9.52. The molecule has 0 unspecified atom stereocenters. The fraction of sp³-hybridized carbons (Fsp3) is 0.400. The Balaban J connectivity index is 1.66. The quantitative estimate of drug-likeness (QED) is 0.663. The number of piperidine rings is 1. The molecule has 1 aromatic carbocycles. The van der Waals surface area contributed by atoms with Crippen molar-refractivity contribution in [3.8, 4) is 11.1 Å². The Bertz CT molecular complexity index is 976. The topological polar surface area (TPSA) is 48.7 Å². The Morgan fingerprint density at radius 2 is 1.93 bits per heavy atom. The number of nitrogens with zero attached hydrogens (tertiary/aromatic N) is 5. The summed E-state index contributed by atoms with van der Waals surface area (Å²) in [6.45, 7) is 4.10. The lowest BCUT2D eigenvalue weighted by molar-refractivity contribution is 0.224. The minimum absolute atomic E-state index is 0.254. The van der Waals surface area contributed by atoms with Gasteiger partial charge in [0.1, 0.15) is 11.6 Å². The number of fused-ring (bicyclic) bond motifs is 4. The second-order valence-corrected chi connectivity index (χ2v) is 7.49. The molecule has 2 aromatic heterocycles. The van der Waals surface area contributed by atoms with Crippen LogP contribution in [0.3, 0.4) is 0 Å². The molecule has 27 heavy (non-hydrogen) atoms. The van der Waals surface area contributed by atoms with Gasteiger partial charge in [-0.3, -0.25) is 0 Å². The average Bonchev–Trinajstić information content (AvgIpc) is 3.10. The van der Waals surface area contributed by atoms with E-state index in [0.29, 0.717) is 22.8 Å². The van der Waals surface area contributed by atoms with Crippen molar-refractivity contribution in [2.45, 2.75) is 18.9 Å². The maximum Gasteiger partial charge on any atom is 0.165 e. The minimum atomic E-state index is -0.254. The van der Waals surface area contributed by atoms with Crippen LogP contribution < -0.4 is 10.2 Å². The second kappa shape index (κ2) is 6.49. The lowest BCUT2D eigenvalue weighted by atomic mass is 10.1. The summed E-state index contributed by atoms with van der Waals surface area (Å²) >= 11 is 0. The van der Waals surface area contributed by atoms with E-state index in [1.807, 2.05) is 24.4 Å². The predicted octanol–water partition coefficient (Wildman–Crippen LogP) is 2.86. The summed E-state index contributed by atoms with van der Waals surface area (Å²) in [6.07, 6.45) is 5.79. The van der Waals surface area contributed by atoms with E-state index in [1.165, 1.54) is 6.07 Å². The van der Waals surface area contributed by atoms with Crippen molar-refractivity contribution in [2.24, 2.45) is 0 Å². The summed E-state index contributed by atoms with van der Waals surface area (Å²) in [5.41, 5.74) is 2.93. The van der Waals surface area contributed by atoms with E-state index in [2.05, 4.69) is 27.3 Å². The molecule has 0 aliphatic carbocycles. The number of anilines is 2. The zero-order valence-electron chi connectivity index (χ0n) is 15.4. The lowest BCUT2D eigenvalue weighted by Crippen LogP contribution is -2.42. The van der Waals surface area contributed by atoms with Gasteiger partial charge in [0.15, 0.2) is 5.65 Å². The molecule has 5 heterocycles. The van der Waals surface area contributed by atoms with E-state index >= 15 is 0 Å². The third-order valence-corrected chi connectivity index (χ3v) is 5.74. The van der Waals surface area contributed by atoms with Crippen molar-refractivity contribution >= 4 is 17.2 Å². The Kier molecular flexibility index (Phi) is 3.97. The van der Waals surface area contributed by atoms with Crippen molar-refractivity contribution in [1.82, 2.24) is 19.5 Å². The summed E-state index contributed by atoms with van der Waals surface area (Å²) in [4.78, 5) is 9.45. The van der Waals surface area contributed by atoms with Crippen LogP contribution >= 0.6 is 0 Å². The number of rotatable bonds is 0. The van der Waals surface area contributed by atoms with Gasteiger partial charge in [0, 0.05) is 62.3 Å². The maximum atomic E-state index is 14.7. The van der Waals surface area contributed by atoms with Crippen LogP contribution in [-0.2, 0) is 0 Å². The van der Waals surface area contributed by atoms with Crippen molar-refractivity contribution in [3.63, 3.8) is 0 Å². The SMILES string of the molecule is CN1CCN2CCC(CC2)Nc2ccn3ncc(c3n2)-c2cc1ccc2F. The van der Waals surface area contributed by atoms with Gasteiger partial charge in [0.05, 0.1) is 6.20 Å². The van der Waals surface area contributed by atoms with Crippen LogP contribution in [-0.4, -0.2) is 58.8 Å². The molecule has 0 radical (unpaired) electrons. The Morgan fingerprint density at radius 3 is 2.78 bits per heavy atom. The average molecular weight is 366 g/mol. The Labute approximate surface area is 157 Å². The van der Waals surface area contributed by atoms with Gasteiger partial charge in [-0.1, -0.05) is 0 Å². The Morgan fingerprint density at radius 1 is 1.07 bits per heavy atom. The lowest BCUT2D eigenvalue weighted by Gasteiger charge is -2.33. The van der Waals surface area contributed by atoms with Gasteiger partial charge in [-0.25, -0.2) is 13.9 Å². The van der Waals surface area contributed by atoms with Crippen LogP contribution in [0.5, 0.6) is 0 Å². The Hall–Kier alpha value is -2.67. The third kappa shape index (κ3) is 3.02. The second-order valence-electron chi connectivity index (χ2n) is 7.49. The molecule has 0 saturated carbocycles. The van der Waals surface area contributed by atoms with Crippen molar-refractivity contribution in [1.29, 1.82) is 0 Å².